The molecule has 0 aromatic heterocycles. The average molecular weight is 559 g/mol. The number of hydrogen-bond acceptors (Lipinski definition) is 10. The zero-order valence-electron chi connectivity index (χ0n) is 22.0. The summed E-state index contributed by atoms with van der Waals surface area (Å²) >= 11 is 0. The molecule has 5 atom stereocenters. The number of ketones is 2. The molecule has 1 fully saturated rings. The van der Waals surface area contributed by atoms with Crippen LogP contribution >= 0.6 is 0 Å². The molecule has 40 heavy (non-hydrogen) atoms. The van der Waals surface area contributed by atoms with Crippen LogP contribution in [0.2, 0.25) is 0 Å². The first-order valence-electron chi connectivity index (χ1n) is 13.0. The summed E-state index contributed by atoms with van der Waals surface area (Å²) in [6.45, 7) is 0.623. The molecule has 13 heteroatoms. The first kappa shape index (κ1) is 27.7. The molecular weight excluding hydrogens is 527 g/mol. The topological polar surface area (TPSA) is 203 Å². The van der Waals surface area contributed by atoms with Crippen molar-refractivity contribution < 1.29 is 44.0 Å². The maximum atomic E-state index is 15.4. The molecule has 12 nitrogen and oxygen atoms in total. The van der Waals surface area contributed by atoms with Gasteiger partial charge in [0.2, 0.25) is 11.7 Å². The van der Waals surface area contributed by atoms with Gasteiger partial charge in [-0.3, -0.25) is 24.1 Å². The highest BCUT2D eigenvalue weighted by Crippen LogP contribution is 2.53. The standard InChI is InChI=1S/C27H31FN4O8/c1-32(2)19-12-8-10-7-11-13(28)9-15(31-26(39)14-5-3-4-6-30-14)20(33)17(11)21(34)16(10)23(36)27(12,40)24(37)18(22(19)35)25(29)38/h9-10,12,14,19,30,33,35-36,40H,3-8H2,1-2H3,(H2,29,38)(H,31,39)/t10-,12-,14?,19-,27-/m0/s1. The molecule has 1 saturated heterocycles. The highest BCUT2D eigenvalue weighted by molar-refractivity contribution is 6.25. The van der Waals surface area contributed by atoms with E-state index in [1.54, 1.807) is 0 Å². The predicted molar refractivity (Wildman–Crippen MR) is 138 cm³/mol. The van der Waals surface area contributed by atoms with Crippen LogP contribution in [0.25, 0.3) is 0 Å². The number of aliphatic hydroxyl groups excluding tert-OH is 2. The quantitative estimate of drug-likeness (QED) is 0.199. The monoisotopic (exact) mass is 558 g/mol. The molecule has 1 aliphatic heterocycles. The number of nitrogens with one attached hydrogen (secondary N) is 2. The lowest BCUT2D eigenvalue weighted by Gasteiger charge is -2.50. The second kappa shape index (κ2) is 9.68. The summed E-state index contributed by atoms with van der Waals surface area (Å²) in [6.07, 6.45) is 1.91. The molecule has 214 valence electrons. The first-order valence-corrected chi connectivity index (χ1v) is 13.0. The fraction of sp³-hybridized carbons (Fsp3) is 0.481. The fourth-order valence-corrected chi connectivity index (χ4v) is 6.66. The summed E-state index contributed by atoms with van der Waals surface area (Å²) in [4.78, 5) is 53.3. The van der Waals surface area contributed by atoms with Crippen LogP contribution in [-0.4, -0.2) is 87.0 Å². The number of nitrogens with two attached hydrogens (primary N) is 1. The Balaban J connectivity index is 1.60. The number of aliphatic hydroxyl groups is 3. The Bertz CT molecular complexity index is 1410. The van der Waals surface area contributed by atoms with Gasteiger partial charge < -0.3 is 36.8 Å². The van der Waals surface area contributed by atoms with Crippen LogP contribution in [0.5, 0.6) is 5.75 Å². The van der Waals surface area contributed by atoms with Crippen LogP contribution in [0, 0.1) is 17.7 Å². The molecule has 0 spiro atoms. The van der Waals surface area contributed by atoms with Crippen LogP contribution in [-0.2, 0) is 20.8 Å². The number of rotatable bonds is 4. The third kappa shape index (κ3) is 3.91. The number of amides is 2. The van der Waals surface area contributed by atoms with E-state index < -0.39 is 92.7 Å². The number of carbonyl (C=O) groups excluding carboxylic acids is 4. The maximum absolute atomic E-state index is 15.4. The van der Waals surface area contributed by atoms with Crippen molar-refractivity contribution in [1.29, 1.82) is 0 Å². The Morgan fingerprint density at radius 3 is 2.50 bits per heavy atom. The van der Waals surface area contributed by atoms with Gasteiger partial charge in [-0.25, -0.2) is 4.39 Å². The fourth-order valence-electron chi connectivity index (χ4n) is 6.66. The molecule has 8 N–H and O–H groups in total. The minimum Gasteiger partial charge on any atom is -0.510 e. The molecule has 0 radical (unpaired) electrons. The minimum absolute atomic E-state index is 0.149. The number of piperidine rings is 1. The Morgan fingerprint density at radius 2 is 1.90 bits per heavy atom. The van der Waals surface area contributed by atoms with Crippen molar-refractivity contribution in [2.45, 2.75) is 49.8 Å². The largest absolute Gasteiger partial charge is 0.510 e. The van der Waals surface area contributed by atoms with Crippen molar-refractivity contribution in [2.75, 3.05) is 26.0 Å². The number of halogens is 1. The summed E-state index contributed by atoms with van der Waals surface area (Å²) in [5.41, 5.74) is 0.212. The van der Waals surface area contributed by atoms with Gasteiger partial charge in [0.25, 0.3) is 5.91 Å². The Kier molecular flexibility index (Phi) is 6.71. The van der Waals surface area contributed by atoms with E-state index in [-0.39, 0.29) is 24.1 Å². The van der Waals surface area contributed by atoms with E-state index in [9.17, 15) is 39.6 Å². The van der Waals surface area contributed by atoms with Gasteiger partial charge in [0.05, 0.1) is 23.3 Å². The summed E-state index contributed by atoms with van der Waals surface area (Å²) in [7, 11) is 3.04. The lowest BCUT2D eigenvalue weighted by atomic mass is 9.58. The summed E-state index contributed by atoms with van der Waals surface area (Å²) in [5.74, 6) is -9.66. The van der Waals surface area contributed by atoms with Gasteiger partial charge in [-0.2, -0.15) is 0 Å². The van der Waals surface area contributed by atoms with Crippen LogP contribution in [0.3, 0.4) is 0 Å². The predicted octanol–water partition coefficient (Wildman–Crippen LogP) is 0.340. The SMILES string of the molecule is CN(C)[C@@H]1C(O)=C(C(N)=O)C(=O)[C@@]2(O)C(O)=C3C(=O)c4c(O)c(NC(=O)C5CCCCN5)cc(F)c4C[C@H]3C[C@@H]12. The number of fused-ring (bicyclic) bond motifs is 3. The number of anilines is 1. The number of Topliss-reactive ketones (excluding diaryl/α,β-unsaturated/α-hetero) is 2. The van der Waals surface area contributed by atoms with Crippen molar-refractivity contribution in [3.63, 3.8) is 0 Å². The van der Waals surface area contributed by atoms with Gasteiger partial charge >= 0.3 is 0 Å². The third-order valence-electron chi connectivity index (χ3n) is 8.55. The van der Waals surface area contributed by atoms with Crippen molar-refractivity contribution >= 4 is 29.1 Å². The maximum Gasteiger partial charge on any atom is 0.255 e. The molecular formula is C27H31FN4O8. The molecule has 5 rings (SSSR count). The van der Waals surface area contributed by atoms with Crippen molar-refractivity contribution in [2.24, 2.45) is 17.6 Å². The third-order valence-corrected chi connectivity index (χ3v) is 8.55. The van der Waals surface area contributed by atoms with E-state index in [1.165, 1.54) is 19.0 Å². The number of likely N-dealkylation sites (N-methyl/N-ethyl adjacent to an activating group) is 1. The summed E-state index contributed by atoms with van der Waals surface area (Å²) < 4.78 is 15.4. The molecule has 1 unspecified atom stereocenters. The minimum atomic E-state index is -2.79. The number of phenols is 1. The van der Waals surface area contributed by atoms with E-state index in [2.05, 4.69) is 10.6 Å². The van der Waals surface area contributed by atoms with Gasteiger partial charge in [0.1, 0.15) is 22.9 Å². The molecule has 1 heterocycles. The Hall–Kier alpha value is -3.81. The molecule has 3 aliphatic carbocycles. The molecule has 1 aromatic rings. The highest BCUT2D eigenvalue weighted by Gasteiger charge is 2.63. The second-order valence-corrected chi connectivity index (χ2v) is 11.1. The zero-order valence-corrected chi connectivity index (χ0v) is 22.0. The van der Waals surface area contributed by atoms with Crippen LogP contribution in [0.4, 0.5) is 10.1 Å². The molecule has 0 saturated carbocycles. The summed E-state index contributed by atoms with van der Waals surface area (Å²) in [6, 6.07) is -0.778. The number of hydrogen-bond donors (Lipinski definition) is 7. The molecule has 0 bridgehead atoms. The van der Waals surface area contributed by atoms with Crippen molar-refractivity contribution in [1.82, 2.24) is 10.2 Å². The number of allylic oxidation sites excluding steroid dienone is 1. The van der Waals surface area contributed by atoms with Crippen LogP contribution < -0.4 is 16.4 Å². The van der Waals surface area contributed by atoms with Crippen LogP contribution in [0.15, 0.2) is 28.7 Å². The molecule has 4 aliphatic rings. The van der Waals surface area contributed by atoms with Gasteiger partial charge in [-0.15, -0.1) is 0 Å². The number of primary amides is 1. The number of phenolic OH excluding ortho intramolecular Hbond substituents is 1. The van der Waals surface area contributed by atoms with E-state index in [4.69, 9.17) is 5.73 Å². The van der Waals surface area contributed by atoms with Crippen LogP contribution in [0.1, 0.15) is 41.6 Å². The second-order valence-electron chi connectivity index (χ2n) is 11.1. The Labute approximate surface area is 228 Å². The van der Waals surface area contributed by atoms with Crippen molar-refractivity contribution in [3.8, 4) is 5.75 Å². The highest BCUT2D eigenvalue weighted by atomic mass is 19.1. The van der Waals surface area contributed by atoms with E-state index in [1.807, 2.05) is 0 Å². The molecule has 1 aromatic carbocycles. The van der Waals surface area contributed by atoms with Gasteiger partial charge in [-0.05, 0) is 52.2 Å². The van der Waals surface area contributed by atoms with E-state index >= 15 is 4.39 Å². The van der Waals surface area contributed by atoms with Gasteiger partial charge in [-0.1, -0.05) is 6.42 Å². The summed E-state index contributed by atoms with van der Waals surface area (Å²) in [5, 5.41) is 50.2. The van der Waals surface area contributed by atoms with E-state index in [0.29, 0.717) is 13.0 Å². The zero-order chi connectivity index (χ0) is 29.3. The van der Waals surface area contributed by atoms with Crippen molar-refractivity contribution in [3.05, 3.63) is 45.7 Å². The number of aromatic hydroxyl groups is 1. The lowest BCUT2D eigenvalue weighted by molar-refractivity contribution is -0.148. The number of benzene rings is 1. The smallest absolute Gasteiger partial charge is 0.255 e. The first-order chi connectivity index (χ1) is 18.8. The molecule has 2 amide bonds. The number of nitrogens with zero attached hydrogens (tertiary/aromatic N) is 1. The number of carbonyl (C=O) groups is 4. The van der Waals surface area contributed by atoms with E-state index in [0.717, 1.165) is 18.9 Å². The van der Waals surface area contributed by atoms with Gasteiger partial charge in [0, 0.05) is 23.1 Å². The normalized spacial score (nSPS) is 30.1. The average Bonchev–Trinajstić information content (AvgIpc) is 2.89. The van der Waals surface area contributed by atoms with Gasteiger partial charge in [0.15, 0.2) is 17.1 Å². The Morgan fingerprint density at radius 1 is 1.20 bits per heavy atom. The lowest BCUT2D eigenvalue weighted by Crippen LogP contribution is -2.63.